The Hall–Kier alpha value is -2.12. The Morgan fingerprint density at radius 3 is 1.96 bits per heavy atom. The second kappa shape index (κ2) is 7.41. The topological polar surface area (TPSA) is 0 Å². The van der Waals surface area contributed by atoms with Gasteiger partial charge in [0.25, 0.3) is 0 Å². The van der Waals surface area contributed by atoms with E-state index in [0.717, 1.165) is 17.9 Å². The van der Waals surface area contributed by atoms with Gasteiger partial charge in [-0.15, -0.1) is 6.58 Å². The summed E-state index contributed by atoms with van der Waals surface area (Å²) in [6, 6.07) is 22.6. The maximum atomic E-state index is 4.02. The Morgan fingerprint density at radius 2 is 1.40 bits per heavy atom. The summed E-state index contributed by atoms with van der Waals surface area (Å²) in [4.78, 5) is 0. The van der Waals surface area contributed by atoms with Crippen molar-refractivity contribution in [2.45, 2.75) is 18.4 Å². The third-order valence-electron chi connectivity index (χ3n) is 6.05. The molecule has 0 aromatic heterocycles. The van der Waals surface area contributed by atoms with Crippen LogP contribution in [0.25, 0.3) is 0 Å². The zero-order chi connectivity index (χ0) is 17.1. The molecule has 1 fully saturated rings. The molecule has 0 spiro atoms. The number of hydrogen-bond acceptors (Lipinski definition) is 0. The minimum absolute atomic E-state index is 0.687. The molecule has 0 amide bonds. The Labute approximate surface area is 153 Å². The van der Waals surface area contributed by atoms with Crippen molar-refractivity contribution in [1.82, 2.24) is 0 Å². The van der Waals surface area contributed by atoms with Gasteiger partial charge in [0.2, 0.25) is 0 Å². The first-order chi connectivity index (χ1) is 12.4. The van der Waals surface area contributed by atoms with Gasteiger partial charge in [-0.05, 0) is 36.1 Å². The molecule has 0 nitrogen and oxygen atoms in total. The summed E-state index contributed by atoms with van der Waals surface area (Å²) in [5.74, 6) is 2.12. The maximum Gasteiger partial charge on any atom is 0.106 e. The van der Waals surface area contributed by atoms with Crippen LogP contribution in [0, 0.1) is 17.8 Å². The zero-order valence-corrected chi connectivity index (χ0v) is 15.8. The van der Waals surface area contributed by atoms with Gasteiger partial charge in [0.1, 0.15) is 8.80 Å². The molecule has 1 saturated carbocycles. The summed E-state index contributed by atoms with van der Waals surface area (Å²) >= 11 is 0. The Bertz CT molecular complexity index is 720. The van der Waals surface area contributed by atoms with Crippen LogP contribution < -0.4 is 10.4 Å². The first kappa shape index (κ1) is 16.4. The van der Waals surface area contributed by atoms with Gasteiger partial charge in [-0.2, -0.15) is 0 Å². The van der Waals surface area contributed by atoms with Crippen LogP contribution in [-0.2, 0) is 0 Å². The van der Waals surface area contributed by atoms with E-state index < -0.39 is 8.80 Å². The highest BCUT2D eigenvalue weighted by molar-refractivity contribution is 6.86. The first-order valence-corrected chi connectivity index (χ1v) is 11.3. The van der Waals surface area contributed by atoms with E-state index in [1.807, 2.05) is 0 Å². The molecule has 0 radical (unpaired) electrons. The Morgan fingerprint density at radius 1 is 0.840 bits per heavy atom. The van der Waals surface area contributed by atoms with Crippen molar-refractivity contribution in [3.05, 3.63) is 97.6 Å². The van der Waals surface area contributed by atoms with Crippen LogP contribution in [0.2, 0.25) is 5.54 Å². The van der Waals surface area contributed by atoms with Crippen molar-refractivity contribution >= 4 is 19.2 Å². The number of rotatable bonds is 5. The van der Waals surface area contributed by atoms with Crippen LogP contribution in [0.4, 0.5) is 0 Å². The van der Waals surface area contributed by atoms with Gasteiger partial charge < -0.3 is 0 Å². The fraction of sp³-hybridized carbons (Fsp3) is 0.250. The quantitative estimate of drug-likeness (QED) is 0.560. The van der Waals surface area contributed by atoms with Crippen LogP contribution in [0.5, 0.6) is 0 Å². The third-order valence-corrected chi connectivity index (χ3v) is 9.83. The standard InChI is InChI=1S/C24H26Si/c1-2-11-19-18-24(23-17-10-9-16-22(19)23)25(20-12-5-3-6-13-20)21-14-7-4-8-15-21/h2-10,12-17,19,22-25H,1,11,18H2. The van der Waals surface area contributed by atoms with Gasteiger partial charge in [0.05, 0.1) is 0 Å². The van der Waals surface area contributed by atoms with E-state index in [1.54, 1.807) is 10.4 Å². The normalized spacial score (nSPS) is 27.4. The fourth-order valence-electron chi connectivity index (χ4n) is 5.04. The monoisotopic (exact) mass is 342 g/mol. The van der Waals surface area contributed by atoms with Gasteiger partial charge in [0.15, 0.2) is 0 Å². The molecular formula is C24H26Si. The van der Waals surface area contributed by atoms with Crippen molar-refractivity contribution in [3.8, 4) is 0 Å². The lowest BCUT2D eigenvalue weighted by molar-refractivity contribution is 0.423. The zero-order valence-electron chi connectivity index (χ0n) is 14.7. The Balaban J connectivity index is 1.76. The second-order valence-corrected chi connectivity index (χ2v) is 10.6. The fourth-order valence-corrected chi connectivity index (χ4v) is 9.14. The summed E-state index contributed by atoms with van der Waals surface area (Å²) in [5.41, 5.74) is 0.779. The van der Waals surface area contributed by atoms with Crippen molar-refractivity contribution in [2.24, 2.45) is 17.8 Å². The molecule has 2 aromatic rings. The van der Waals surface area contributed by atoms with Gasteiger partial charge in [-0.25, -0.2) is 0 Å². The summed E-state index contributed by atoms with van der Waals surface area (Å²) in [6.45, 7) is 4.02. The molecule has 1 heteroatoms. The van der Waals surface area contributed by atoms with Crippen molar-refractivity contribution < 1.29 is 0 Å². The van der Waals surface area contributed by atoms with E-state index in [2.05, 4.69) is 97.6 Å². The maximum absolute atomic E-state index is 4.02. The molecule has 2 aliphatic rings. The summed E-state index contributed by atoms with van der Waals surface area (Å²) < 4.78 is 0. The van der Waals surface area contributed by atoms with Crippen molar-refractivity contribution in [1.29, 1.82) is 0 Å². The molecule has 4 unspecified atom stereocenters. The molecule has 2 aromatic carbocycles. The molecule has 126 valence electrons. The van der Waals surface area contributed by atoms with E-state index >= 15 is 0 Å². The Kier molecular flexibility index (Phi) is 4.84. The van der Waals surface area contributed by atoms with E-state index in [4.69, 9.17) is 0 Å². The minimum Gasteiger partial charge on any atom is -0.103 e. The molecule has 4 rings (SSSR count). The molecule has 0 heterocycles. The predicted molar refractivity (Wildman–Crippen MR) is 111 cm³/mol. The highest BCUT2D eigenvalue weighted by Crippen LogP contribution is 2.50. The highest BCUT2D eigenvalue weighted by Gasteiger charge is 2.45. The van der Waals surface area contributed by atoms with E-state index in [1.165, 1.54) is 6.42 Å². The lowest BCUT2D eigenvalue weighted by Gasteiger charge is -2.29. The summed E-state index contributed by atoms with van der Waals surface area (Å²) in [7, 11) is -1.28. The molecule has 4 atom stereocenters. The lowest BCUT2D eigenvalue weighted by Crippen LogP contribution is -2.47. The van der Waals surface area contributed by atoms with Crippen LogP contribution in [0.3, 0.4) is 0 Å². The second-order valence-electron chi connectivity index (χ2n) is 7.41. The van der Waals surface area contributed by atoms with Crippen LogP contribution >= 0.6 is 0 Å². The SMILES string of the molecule is C=CCC1CC([SiH](c2ccccc2)c2ccccc2)C2C=CC=CC12. The van der Waals surface area contributed by atoms with Crippen LogP contribution in [0.15, 0.2) is 97.6 Å². The average molecular weight is 343 g/mol. The number of hydrogen-bond donors (Lipinski definition) is 0. The third kappa shape index (κ3) is 3.21. The smallest absolute Gasteiger partial charge is 0.103 e. The molecule has 25 heavy (non-hydrogen) atoms. The molecule has 0 bridgehead atoms. The van der Waals surface area contributed by atoms with Gasteiger partial charge >= 0.3 is 0 Å². The van der Waals surface area contributed by atoms with Gasteiger partial charge in [-0.3, -0.25) is 0 Å². The largest absolute Gasteiger partial charge is 0.106 e. The molecule has 2 aliphatic carbocycles. The van der Waals surface area contributed by atoms with Crippen LogP contribution in [-0.4, -0.2) is 8.80 Å². The first-order valence-electron chi connectivity index (χ1n) is 9.44. The molecule has 0 aliphatic heterocycles. The lowest BCUT2D eigenvalue weighted by atomic mass is 9.85. The number of benzene rings is 2. The summed E-state index contributed by atoms with van der Waals surface area (Å²) in [5, 5.41) is 3.17. The van der Waals surface area contributed by atoms with E-state index in [-0.39, 0.29) is 0 Å². The highest BCUT2D eigenvalue weighted by atomic mass is 28.3. The average Bonchev–Trinajstić information content (AvgIpc) is 3.03. The molecule has 0 saturated heterocycles. The van der Waals surface area contributed by atoms with Gasteiger partial charge in [0, 0.05) is 0 Å². The molecule has 0 N–H and O–H groups in total. The van der Waals surface area contributed by atoms with E-state index in [0.29, 0.717) is 11.8 Å². The number of allylic oxidation sites excluding steroid dienone is 5. The minimum atomic E-state index is -1.28. The van der Waals surface area contributed by atoms with Gasteiger partial charge in [-0.1, -0.05) is 101 Å². The predicted octanol–water partition coefficient (Wildman–Crippen LogP) is 4.35. The number of fused-ring (bicyclic) bond motifs is 1. The van der Waals surface area contributed by atoms with E-state index in [9.17, 15) is 0 Å². The van der Waals surface area contributed by atoms with Crippen LogP contribution in [0.1, 0.15) is 12.8 Å². The van der Waals surface area contributed by atoms with Crippen molar-refractivity contribution in [3.63, 3.8) is 0 Å². The van der Waals surface area contributed by atoms with Crippen molar-refractivity contribution in [2.75, 3.05) is 0 Å². The summed E-state index contributed by atoms with van der Waals surface area (Å²) in [6.07, 6.45) is 14.1. The molecular weight excluding hydrogens is 316 g/mol.